The minimum absolute atomic E-state index is 0.163. The van der Waals surface area contributed by atoms with Crippen LogP contribution in [0.1, 0.15) is 38.2 Å². The highest BCUT2D eigenvalue weighted by atomic mass is 16.5. The third kappa shape index (κ3) is 4.54. The van der Waals surface area contributed by atoms with Crippen LogP contribution in [0.15, 0.2) is 42.5 Å². The number of ketones is 1. The average molecular weight is 353 g/mol. The quantitative estimate of drug-likeness (QED) is 0.819. The number of carbonyl (C=O) groups is 1. The number of ether oxygens (including phenoxy) is 1. The van der Waals surface area contributed by atoms with Crippen LogP contribution < -0.4 is 15.0 Å². The highest BCUT2D eigenvalue weighted by Gasteiger charge is 2.25. The minimum atomic E-state index is 0.163. The molecular formula is C21H27N3O2. The van der Waals surface area contributed by atoms with Crippen LogP contribution >= 0.6 is 0 Å². The predicted molar refractivity (Wildman–Crippen MR) is 105 cm³/mol. The van der Waals surface area contributed by atoms with Crippen LogP contribution in [0.3, 0.4) is 0 Å². The number of anilines is 2. The SMILES string of the molecule is CNc1cccc(N2CC[C@@H](Oc3ccc([C@H](C)CC(C)=O)cc3)C2)n1. The number of aromatic nitrogens is 1. The van der Waals surface area contributed by atoms with Crippen molar-refractivity contribution in [3.63, 3.8) is 0 Å². The largest absolute Gasteiger partial charge is 0.489 e. The first-order valence-corrected chi connectivity index (χ1v) is 9.21. The lowest BCUT2D eigenvalue weighted by Gasteiger charge is -2.19. The van der Waals surface area contributed by atoms with Crippen molar-refractivity contribution >= 4 is 17.4 Å². The summed E-state index contributed by atoms with van der Waals surface area (Å²) in [4.78, 5) is 18.1. The Hall–Kier alpha value is -2.56. The lowest BCUT2D eigenvalue weighted by atomic mass is 9.96. The van der Waals surface area contributed by atoms with Gasteiger partial charge in [-0.3, -0.25) is 0 Å². The van der Waals surface area contributed by atoms with Gasteiger partial charge < -0.3 is 19.7 Å². The molecule has 0 aliphatic carbocycles. The summed E-state index contributed by atoms with van der Waals surface area (Å²) in [6, 6.07) is 14.2. The van der Waals surface area contributed by atoms with E-state index >= 15 is 0 Å². The van der Waals surface area contributed by atoms with E-state index in [9.17, 15) is 4.79 Å². The fourth-order valence-electron chi connectivity index (χ4n) is 3.39. The van der Waals surface area contributed by atoms with Crippen LogP contribution in [0.5, 0.6) is 5.75 Å². The molecule has 1 aliphatic rings. The van der Waals surface area contributed by atoms with E-state index in [-0.39, 0.29) is 17.8 Å². The van der Waals surface area contributed by atoms with Crippen LogP contribution in [-0.2, 0) is 4.79 Å². The van der Waals surface area contributed by atoms with Crippen LogP contribution in [-0.4, -0.2) is 37.0 Å². The number of nitrogens with zero attached hydrogens (tertiary/aromatic N) is 2. The van der Waals surface area contributed by atoms with Gasteiger partial charge in [0.1, 0.15) is 29.3 Å². The van der Waals surface area contributed by atoms with Crippen molar-refractivity contribution in [3.05, 3.63) is 48.0 Å². The normalized spacial score (nSPS) is 17.8. The molecule has 138 valence electrons. The topological polar surface area (TPSA) is 54.5 Å². The number of hydrogen-bond donors (Lipinski definition) is 1. The van der Waals surface area contributed by atoms with E-state index in [1.165, 1.54) is 5.56 Å². The van der Waals surface area contributed by atoms with Crippen LogP contribution in [0.4, 0.5) is 11.6 Å². The Kier molecular flexibility index (Phi) is 5.76. The third-order valence-electron chi connectivity index (χ3n) is 4.81. The first-order valence-electron chi connectivity index (χ1n) is 9.21. The molecular weight excluding hydrogens is 326 g/mol. The molecule has 1 aromatic heterocycles. The number of rotatable bonds is 7. The molecule has 1 aliphatic heterocycles. The molecule has 0 radical (unpaired) electrons. The van der Waals surface area contributed by atoms with E-state index in [1.807, 2.05) is 37.4 Å². The van der Waals surface area contributed by atoms with Gasteiger partial charge in [-0.1, -0.05) is 25.1 Å². The molecule has 1 N–H and O–H groups in total. The summed E-state index contributed by atoms with van der Waals surface area (Å²) in [5.74, 6) is 3.21. The van der Waals surface area contributed by atoms with E-state index in [0.29, 0.717) is 6.42 Å². The first kappa shape index (κ1) is 18.2. The van der Waals surface area contributed by atoms with Crippen LogP contribution in [0.2, 0.25) is 0 Å². The molecule has 1 aromatic carbocycles. The zero-order chi connectivity index (χ0) is 18.5. The predicted octanol–water partition coefficient (Wildman–Crippen LogP) is 3.86. The van der Waals surface area contributed by atoms with Crippen molar-refractivity contribution < 1.29 is 9.53 Å². The van der Waals surface area contributed by atoms with Crippen molar-refractivity contribution in [2.75, 3.05) is 30.4 Å². The maximum Gasteiger partial charge on any atom is 0.131 e. The summed E-state index contributed by atoms with van der Waals surface area (Å²) in [6.07, 6.45) is 1.72. The summed E-state index contributed by atoms with van der Waals surface area (Å²) in [5.41, 5.74) is 1.17. The summed E-state index contributed by atoms with van der Waals surface area (Å²) in [5, 5.41) is 3.08. The fourth-order valence-corrected chi connectivity index (χ4v) is 3.39. The van der Waals surface area contributed by atoms with Gasteiger partial charge in [-0.05, 0) is 42.7 Å². The zero-order valence-corrected chi connectivity index (χ0v) is 15.7. The number of benzene rings is 1. The molecule has 2 heterocycles. The van der Waals surface area contributed by atoms with E-state index in [1.54, 1.807) is 6.92 Å². The highest BCUT2D eigenvalue weighted by molar-refractivity contribution is 5.76. The van der Waals surface area contributed by atoms with Crippen molar-refractivity contribution in [3.8, 4) is 5.75 Å². The van der Waals surface area contributed by atoms with Crippen LogP contribution in [0, 0.1) is 0 Å². The summed E-state index contributed by atoms with van der Waals surface area (Å²) >= 11 is 0. The molecule has 0 spiro atoms. The third-order valence-corrected chi connectivity index (χ3v) is 4.81. The molecule has 0 saturated carbocycles. The Labute approximate surface area is 155 Å². The maximum atomic E-state index is 11.3. The van der Waals surface area contributed by atoms with E-state index in [2.05, 4.69) is 34.3 Å². The van der Waals surface area contributed by atoms with Gasteiger partial charge in [0.15, 0.2) is 0 Å². The van der Waals surface area contributed by atoms with Gasteiger partial charge in [-0.25, -0.2) is 4.98 Å². The Morgan fingerprint density at radius 1 is 1.31 bits per heavy atom. The van der Waals surface area contributed by atoms with Crippen molar-refractivity contribution in [2.45, 2.75) is 38.7 Å². The number of nitrogens with one attached hydrogen (secondary N) is 1. The van der Waals surface area contributed by atoms with Crippen LogP contribution in [0.25, 0.3) is 0 Å². The lowest BCUT2D eigenvalue weighted by molar-refractivity contribution is -0.117. The van der Waals surface area contributed by atoms with Crippen molar-refractivity contribution in [1.82, 2.24) is 4.98 Å². The number of carbonyl (C=O) groups excluding carboxylic acids is 1. The monoisotopic (exact) mass is 353 g/mol. The number of pyridine rings is 1. The summed E-state index contributed by atoms with van der Waals surface area (Å²) in [6.45, 7) is 5.50. The molecule has 1 saturated heterocycles. The molecule has 2 atom stereocenters. The van der Waals surface area contributed by atoms with Gasteiger partial charge in [0.25, 0.3) is 0 Å². The molecule has 0 unspecified atom stereocenters. The first-order chi connectivity index (χ1) is 12.5. The van der Waals surface area contributed by atoms with Crippen molar-refractivity contribution in [2.24, 2.45) is 0 Å². The maximum absolute atomic E-state index is 11.3. The summed E-state index contributed by atoms with van der Waals surface area (Å²) in [7, 11) is 1.88. The minimum Gasteiger partial charge on any atom is -0.489 e. The Morgan fingerprint density at radius 2 is 2.08 bits per heavy atom. The molecule has 0 amide bonds. The van der Waals surface area contributed by atoms with Crippen molar-refractivity contribution in [1.29, 1.82) is 0 Å². The molecule has 26 heavy (non-hydrogen) atoms. The number of Topliss-reactive ketones (excluding diaryl/α,β-unsaturated/α-hetero) is 1. The van der Waals surface area contributed by atoms with E-state index in [0.717, 1.165) is 36.9 Å². The smallest absolute Gasteiger partial charge is 0.131 e. The molecule has 5 nitrogen and oxygen atoms in total. The van der Waals surface area contributed by atoms with Gasteiger partial charge in [0, 0.05) is 26.4 Å². The summed E-state index contributed by atoms with van der Waals surface area (Å²) < 4.78 is 6.15. The Balaban J connectivity index is 1.57. The molecule has 0 bridgehead atoms. The highest BCUT2D eigenvalue weighted by Crippen LogP contribution is 2.26. The standard InChI is InChI=1S/C21H27N3O2/c1-15(13-16(2)25)17-7-9-18(10-8-17)26-19-11-12-24(14-19)21-6-4-5-20(22-3)23-21/h4-10,15,19H,11-14H2,1-3H3,(H,22,23)/t15-,19-/m1/s1. The van der Waals surface area contributed by atoms with Gasteiger partial charge in [0.05, 0.1) is 6.54 Å². The zero-order valence-electron chi connectivity index (χ0n) is 15.7. The molecule has 3 rings (SSSR count). The van der Waals surface area contributed by atoms with Gasteiger partial charge >= 0.3 is 0 Å². The fraction of sp³-hybridized carbons (Fsp3) is 0.429. The number of hydrogen-bond acceptors (Lipinski definition) is 5. The average Bonchev–Trinajstić information content (AvgIpc) is 3.10. The van der Waals surface area contributed by atoms with Gasteiger partial charge in [0.2, 0.25) is 0 Å². The lowest BCUT2D eigenvalue weighted by Crippen LogP contribution is -2.25. The van der Waals surface area contributed by atoms with Gasteiger partial charge in [-0.2, -0.15) is 0 Å². The van der Waals surface area contributed by atoms with E-state index in [4.69, 9.17) is 4.74 Å². The molecule has 1 fully saturated rings. The van der Waals surface area contributed by atoms with Gasteiger partial charge in [-0.15, -0.1) is 0 Å². The Morgan fingerprint density at radius 3 is 2.77 bits per heavy atom. The molecule has 2 aromatic rings. The van der Waals surface area contributed by atoms with E-state index < -0.39 is 0 Å². The second kappa shape index (κ2) is 8.21. The Bertz CT molecular complexity index is 745. The second-order valence-electron chi connectivity index (χ2n) is 6.98. The second-order valence-corrected chi connectivity index (χ2v) is 6.98. The molecule has 5 heteroatoms.